The number of hydrazine groups is 1. The lowest BCUT2D eigenvalue weighted by Gasteiger charge is -2.27. The first-order valence-electron chi connectivity index (χ1n) is 5.95. The van der Waals surface area contributed by atoms with Crippen LogP contribution in [0, 0.1) is 6.92 Å². The summed E-state index contributed by atoms with van der Waals surface area (Å²) in [5, 5.41) is 3.17. The Bertz CT molecular complexity index is 675. The lowest BCUT2D eigenvalue weighted by atomic mass is 10.1. The van der Waals surface area contributed by atoms with Crippen LogP contribution in [0.3, 0.4) is 0 Å². The summed E-state index contributed by atoms with van der Waals surface area (Å²) in [6, 6.07) is 12.7. The molecule has 0 aliphatic heterocycles. The van der Waals surface area contributed by atoms with Gasteiger partial charge >= 0.3 is 0 Å². The van der Waals surface area contributed by atoms with E-state index in [1.165, 1.54) is 9.42 Å². The van der Waals surface area contributed by atoms with E-state index in [0.717, 1.165) is 10.8 Å². The Balaban J connectivity index is 2.67. The van der Waals surface area contributed by atoms with E-state index in [1.807, 2.05) is 30.3 Å². The van der Waals surface area contributed by atoms with Crippen LogP contribution in [-0.2, 0) is 10.0 Å². The molecule has 0 bridgehead atoms. The summed E-state index contributed by atoms with van der Waals surface area (Å²) in [6.45, 7) is 3.84. The predicted octanol–water partition coefficient (Wildman–Crippen LogP) is 2.14. The molecule has 1 radical (unpaired) electrons. The molecule has 0 unspecified atom stereocenters. The van der Waals surface area contributed by atoms with Gasteiger partial charge in [0.25, 0.3) is 10.0 Å². The van der Waals surface area contributed by atoms with Gasteiger partial charge in [-0.15, -0.1) is 4.41 Å². The largest absolute Gasteiger partial charge is 0.256 e. The first-order valence-corrected chi connectivity index (χ1v) is 7.39. The SMILES string of the molecule is [CH2]CN(N(C)C)S(=O)(=O)c1cccc2ccccc12. The summed E-state index contributed by atoms with van der Waals surface area (Å²) in [4.78, 5) is 0.308. The minimum Gasteiger partial charge on any atom is -0.234 e. The van der Waals surface area contributed by atoms with Crippen LogP contribution in [0.1, 0.15) is 0 Å². The second kappa shape index (κ2) is 5.28. The zero-order valence-corrected chi connectivity index (χ0v) is 11.9. The Labute approximate surface area is 114 Å². The van der Waals surface area contributed by atoms with Gasteiger partial charge in [-0.1, -0.05) is 36.4 Å². The number of hydrogen-bond acceptors (Lipinski definition) is 3. The van der Waals surface area contributed by atoms with Crippen molar-refractivity contribution in [1.82, 2.24) is 9.42 Å². The van der Waals surface area contributed by atoms with Crippen LogP contribution in [0.5, 0.6) is 0 Å². The molecular formula is C14H17N2O2S. The minimum atomic E-state index is -3.58. The van der Waals surface area contributed by atoms with Crippen molar-refractivity contribution in [3.05, 3.63) is 49.4 Å². The molecule has 0 spiro atoms. The van der Waals surface area contributed by atoms with Crippen molar-refractivity contribution in [3.8, 4) is 0 Å². The van der Waals surface area contributed by atoms with E-state index < -0.39 is 10.0 Å². The molecule has 0 heterocycles. The molecular weight excluding hydrogens is 260 g/mol. The molecule has 0 aliphatic rings. The van der Waals surface area contributed by atoms with Crippen LogP contribution in [0.25, 0.3) is 10.8 Å². The molecule has 2 aromatic rings. The summed E-state index contributed by atoms with van der Waals surface area (Å²) in [5.74, 6) is 0. The van der Waals surface area contributed by atoms with Gasteiger partial charge in [-0.2, -0.15) is 0 Å². The molecule has 19 heavy (non-hydrogen) atoms. The van der Waals surface area contributed by atoms with Crippen molar-refractivity contribution in [2.24, 2.45) is 0 Å². The van der Waals surface area contributed by atoms with E-state index in [-0.39, 0.29) is 6.54 Å². The Morgan fingerprint density at radius 2 is 1.68 bits per heavy atom. The highest BCUT2D eigenvalue weighted by Gasteiger charge is 2.26. The number of rotatable bonds is 4. The maximum absolute atomic E-state index is 12.7. The quantitative estimate of drug-likeness (QED) is 0.804. The van der Waals surface area contributed by atoms with Crippen LogP contribution in [-0.4, -0.2) is 38.5 Å². The molecule has 0 aliphatic carbocycles. The van der Waals surface area contributed by atoms with E-state index in [4.69, 9.17) is 0 Å². The third kappa shape index (κ3) is 2.49. The molecule has 0 fully saturated rings. The van der Waals surface area contributed by atoms with E-state index >= 15 is 0 Å². The highest BCUT2D eigenvalue weighted by Crippen LogP contribution is 2.25. The first-order chi connectivity index (χ1) is 8.98. The van der Waals surface area contributed by atoms with E-state index in [9.17, 15) is 8.42 Å². The third-order valence-electron chi connectivity index (χ3n) is 2.94. The number of nitrogens with zero attached hydrogens (tertiary/aromatic N) is 2. The number of hydrogen-bond donors (Lipinski definition) is 0. The van der Waals surface area contributed by atoms with Crippen molar-refractivity contribution in [2.75, 3.05) is 20.6 Å². The average Bonchev–Trinajstić information content (AvgIpc) is 2.38. The second-order valence-corrected chi connectivity index (χ2v) is 6.19. The highest BCUT2D eigenvalue weighted by molar-refractivity contribution is 7.89. The van der Waals surface area contributed by atoms with Crippen LogP contribution in [0.4, 0.5) is 0 Å². The fourth-order valence-electron chi connectivity index (χ4n) is 2.07. The summed E-state index contributed by atoms with van der Waals surface area (Å²) in [5.41, 5.74) is 0. The maximum atomic E-state index is 12.7. The molecule has 0 saturated heterocycles. The predicted molar refractivity (Wildman–Crippen MR) is 76.9 cm³/mol. The van der Waals surface area contributed by atoms with Gasteiger partial charge in [0.15, 0.2) is 0 Å². The van der Waals surface area contributed by atoms with Gasteiger partial charge in [-0.3, -0.25) is 0 Å². The molecule has 2 aromatic carbocycles. The van der Waals surface area contributed by atoms with Crippen LogP contribution in [0.15, 0.2) is 47.4 Å². The van der Waals surface area contributed by atoms with Crippen LogP contribution >= 0.6 is 0 Å². The van der Waals surface area contributed by atoms with E-state index in [2.05, 4.69) is 6.92 Å². The fraction of sp³-hybridized carbons (Fsp3) is 0.214. The Hall–Kier alpha value is -1.43. The maximum Gasteiger partial charge on any atom is 0.256 e. The lowest BCUT2D eigenvalue weighted by Crippen LogP contribution is -2.41. The Morgan fingerprint density at radius 3 is 2.32 bits per heavy atom. The molecule has 0 aromatic heterocycles. The van der Waals surface area contributed by atoms with Gasteiger partial charge in [-0.25, -0.2) is 13.4 Å². The van der Waals surface area contributed by atoms with Crippen molar-refractivity contribution < 1.29 is 8.42 Å². The van der Waals surface area contributed by atoms with Gasteiger partial charge < -0.3 is 0 Å². The molecule has 0 N–H and O–H groups in total. The lowest BCUT2D eigenvalue weighted by molar-refractivity contribution is 0.141. The van der Waals surface area contributed by atoms with Crippen molar-refractivity contribution in [2.45, 2.75) is 4.90 Å². The van der Waals surface area contributed by atoms with Crippen LogP contribution < -0.4 is 0 Å². The van der Waals surface area contributed by atoms with Crippen molar-refractivity contribution >= 4 is 20.8 Å². The summed E-state index contributed by atoms with van der Waals surface area (Å²) >= 11 is 0. The topological polar surface area (TPSA) is 40.6 Å². The summed E-state index contributed by atoms with van der Waals surface area (Å²) < 4.78 is 26.6. The van der Waals surface area contributed by atoms with Crippen LogP contribution in [0.2, 0.25) is 0 Å². The third-order valence-corrected chi connectivity index (χ3v) is 4.92. The molecule has 2 rings (SSSR count). The zero-order valence-electron chi connectivity index (χ0n) is 11.1. The molecule has 0 amide bonds. The molecule has 5 heteroatoms. The van der Waals surface area contributed by atoms with Gasteiger partial charge in [0.2, 0.25) is 0 Å². The van der Waals surface area contributed by atoms with Gasteiger partial charge in [-0.05, 0) is 18.4 Å². The van der Waals surface area contributed by atoms with Crippen molar-refractivity contribution in [1.29, 1.82) is 0 Å². The van der Waals surface area contributed by atoms with Gasteiger partial charge in [0, 0.05) is 26.0 Å². The minimum absolute atomic E-state index is 0.151. The summed E-state index contributed by atoms with van der Waals surface area (Å²) in [6.07, 6.45) is 0. The smallest absolute Gasteiger partial charge is 0.234 e. The summed E-state index contributed by atoms with van der Waals surface area (Å²) in [7, 11) is -0.204. The van der Waals surface area contributed by atoms with E-state index in [1.54, 1.807) is 26.2 Å². The normalized spacial score (nSPS) is 12.5. The molecule has 4 nitrogen and oxygen atoms in total. The van der Waals surface area contributed by atoms with Crippen molar-refractivity contribution in [3.63, 3.8) is 0 Å². The number of benzene rings is 2. The second-order valence-electron chi connectivity index (χ2n) is 4.38. The standard InChI is InChI=1S/C14H17N2O2S/c1-4-16(15(2)3)19(17,18)14-11-7-9-12-8-5-6-10-13(12)14/h5-11H,1,4H2,2-3H3. The zero-order chi connectivity index (χ0) is 14.0. The molecule has 0 saturated carbocycles. The Morgan fingerprint density at radius 1 is 1.05 bits per heavy atom. The molecule has 0 atom stereocenters. The highest BCUT2D eigenvalue weighted by atomic mass is 32.2. The van der Waals surface area contributed by atoms with Gasteiger partial charge in [0.05, 0.1) is 4.90 Å². The number of sulfonamides is 1. The number of fused-ring (bicyclic) bond motifs is 1. The van der Waals surface area contributed by atoms with Gasteiger partial charge in [0.1, 0.15) is 0 Å². The molecule has 101 valence electrons. The average molecular weight is 277 g/mol. The fourth-order valence-corrected chi connectivity index (χ4v) is 3.68. The van der Waals surface area contributed by atoms with E-state index in [0.29, 0.717) is 4.90 Å². The monoisotopic (exact) mass is 277 g/mol. The first kappa shape index (κ1) is 14.0. The Kier molecular flexibility index (Phi) is 3.89.